The van der Waals surface area contributed by atoms with E-state index in [1.54, 1.807) is 7.11 Å². The Morgan fingerprint density at radius 2 is 1.93 bits per heavy atom. The quantitative estimate of drug-likeness (QED) is 0.570. The molecule has 3 aromatic rings. The van der Waals surface area contributed by atoms with Crippen LogP contribution in [0.1, 0.15) is 18.9 Å². The molecule has 0 aliphatic carbocycles. The highest BCUT2D eigenvalue weighted by Gasteiger charge is 2.21. The second kappa shape index (κ2) is 9.58. The largest absolute Gasteiger partial charge is 0.383 e. The van der Waals surface area contributed by atoms with Gasteiger partial charge in [0.1, 0.15) is 0 Å². The van der Waals surface area contributed by atoms with Gasteiger partial charge >= 0.3 is 0 Å². The highest BCUT2D eigenvalue weighted by molar-refractivity contribution is 8.00. The van der Waals surface area contributed by atoms with E-state index in [1.165, 1.54) is 11.8 Å². The lowest BCUT2D eigenvalue weighted by Crippen LogP contribution is -2.32. The first-order valence-corrected chi connectivity index (χ1v) is 10.0. The second-order valence-electron chi connectivity index (χ2n) is 6.25. The van der Waals surface area contributed by atoms with Crippen LogP contribution in [0.4, 0.5) is 0 Å². The smallest absolute Gasteiger partial charge is 0.233 e. The van der Waals surface area contributed by atoms with Crippen LogP contribution in [-0.4, -0.2) is 34.4 Å². The van der Waals surface area contributed by atoms with Crippen LogP contribution in [0.25, 0.3) is 11.0 Å². The first-order valence-electron chi connectivity index (χ1n) is 9.15. The highest BCUT2D eigenvalue weighted by atomic mass is 32.2. The fourth-order valence-electron chi connectivity index (χ4n) is 2.89. The van der Waals surface area contributed by atoms with E-state index in [0.29, 0.717) is 19.7 Å². The molecule has 0 aliphatic heterocycles. The summed E-state index contributed by atoms with van der Waals surface area (Å²) in [4.78, 5) is 17.4. The molecule has 6 heteroatoms. The third kappa shape index (κ3) is 4.90. The van der Waals surface area contributed by atoms with Gasteiger partial charge in [-0.15, -0.1) is 0 Å². The Balaban J connectivity index is 1.74. The van der Waals surface area contributed by atoms with Crippen molar-refractivity contribution in [3.05, 3.63) is 60.2 Å². The Hall–Kier alpha value is -2.31. The van der Waals surface area contributed by atoms with Crippen molar-refractivity contribution in [3.8, 4) is 0 Å². The Kier molecular flexibility index (Phi) is 6.90. The number of para-hydroxylation sites is 2. The van der Waals surface area contributed by atoms with Gasteiger partial charge in [0.05, 0.1) is 22.9 Å². The summed E-state index contributed by atoms with van der Waals surface area (Å²) in [5, 5.41) is 3.71. The number of benzene rings is 2. The molecule has 1 atom stereocenters. The summed E-state index contributed by atoms with van der Waals surface area (Å²) in [6.45, 7) is 3.88. The number of nitrogens with zero attached hydrogens (tertiary/aromatic N) is 2. The van der Waals surface area contributed by atoms with Crippen molar-refractivity contribution >= 4 is 28.7 Å². The predicted octanol–water partition coefficient (Wildman–Crippen LogP) is 3.87. The molecule has 3 rings (SSSR count). The maximum Gasteiger partial charge on any atom is 0.233 e. The summed E-state index contributed by atoms with van der Waals surface area (Å²) in [7, 11) is 1.69. The van der Waals surface area contributed by atoms with E-state index < -0.39 is 0 Å². The standard InChI is InChI=1S/C21H25N3O2S/c1-3-19(20(25)22-15-16-9-5-4-6-10-16)27-21-23-17-11-7-8-12-18(17)24(21)13-14-26-2/h4-12,19H,3,13-15H2,1-2H3,(H,22,25). The van der Waals surface area contributed by atoms with Crippen LogP contribution in [0.2, 0.25) is 0 Å². The van der Waals surface area contributed by atoms with Gasteiger partial charge in [-0.2, -0.15) is 0 Å². The average Bonchev–Trinajstić information content (AvgIpc) is 3.06. The summed E-state index contributed by atoms with van der Waals surface area (Å²) >= 11 is 1.52. The van der Waals surface area contributed by atoms with Gasteiger partial charge < -0.3 is 14.6 Å². The van der Waals surface area contributed by atoms with Crippen molar-refractivity contribution in [3.63, 3.8) is 0 Å². The molecule has 1 aromatic heterocycles. The molecule has 0 aliphatic rings. The number of thioether (sulfide) groups is 1. The predicted molar refractivity (Wildman–Crippen MR) is 110 cm³/mol. The Morgan fingerprint density at radius 1 is 1.19 bits per heavy atom. The van der Waals surface area contributed by atoms with Crippen molar-refractivity contribution in [1.82, 2.24) is 14.9 Å². The molecule has 1 unspecified atom stereocenters. The van der Waals surface area contributed by atoms with Gasteiger partial charge in [-0.25, -0.2) is 4.98 Å². The van der Waals surface area contributed by atoms with Crippen molar-refractivity contribution < 1.29 is 9.53 Å². The maximum absolute atomic E-state index is 12.7. The minimum Gasteiger partial charge on any atom is -0.383 e. The van der Waals surface area contributed by atoms with Crippen LogP contribution in [0, 0.1) is 0 Å². The van der Waals surface area contributed by atoms with Crippen molar-refractivity contribution in [1.29, 1.82) is 0 Å². The van der Waals surface area contributed by atoms with Gasteiger partial charge in [0, 0.05) is 20.2 Å². The van der Waals surface area contributed by atoms with E-state index in [2.05, 4.69) is 16.0 Å². The fourth-order valence-corrected chi connectivity index (χ4v) is 3.97. The SMILES string of the molecule is CCC(Sc1nc2ccccc2n1CCOC)C(=O)NCc1ccccc1. The van der Waals surface area contributed by atoms with E-state index >= 15 is 0 Å². The molecule has 1 amide bonds. The minimum atomic E-state index is -0.188. The zero-order chi connectivity index (χ0) is 19.1. The van der Waals surface area contributed by atoms with Crippen molar-refractivity contribution in [2.45, 2.75) is 36.8 Å². The number of carbonyl (C=O) groups excluding carboxylic acids is 1. The first kappa shape index (κ1) is 19.5. The van der Waals surface area contributed by atoms with Gasteiger partial charge in [-0.1, -0.05) is 61.2 Å². The molecule has 0 radical (unpaired) electrons. The molecular formula is C21H25N3O2S. The molecule has 0 saturated carbocycles. The monoisotopic (exact) mass is 383 g/mol. The molecule has 142 valence electrons. The molecule has 0 saturated heterocycles. The lowest BCUT2D eigenvalue weighted by Gasteiger charge is -2.15. The fraction of sp³-hybridized carbons (Fsp3) is 0.333. The molecule has 0 spiro atoms. The minimum absolute atomic E-state index is 0.0386. The van der Waals surface area contributed by atoms with E-state index in [1.807, 2.05) is 55.5 Å². The number of methoxy groups -OCH3 is 1. The van der Waals surface area contributed by atoms with Crippen LogP contribution in [0.15, 0.2) is 59.8 Å². The normalized spacial score (nSPS) is 12.2. The van der Waals surface area contributed by atoms with Gasteiger partial charge in [-0.05, 0) is 24.1 Å². The molecule has 1 heterocycles. The second-order valence-corrected chi connectivity index (χ2v) is 7.42. The number of hydrogen-bond donors (Lipinski definition) is 1. The van der Waals surface area contributed by atoms with Crippen LogP contribution in [0.3, 0.4) is 0 Å². The van der Waals surface area contributed by atoms with Gasteiger partial charge in [0.2, 0.25) is 5.91 Å². The van der Waals surface area contributed by atoms with E-state index in [0.717, 1.165) is 28.2 Å². The Bertz CT molecular complexity index is 880. The summed E-state index contributed by atoms with van der Waals surface area (Å²) in [6.07, 6.45) is 0.735. The number of nitrogens with one attached hydrogen (secondary N) is 1. The van der Waals surface area contributed by atoms with Crippen LogP contribution in [-0.2, 0) is 22.6 Å². The molecular weight excluding hydrogens is 358 g/mol. The number of fused-ring (bicyclic) bond motifs is 1. The van der Waals surface area contributed by atoms with E-state index in [-0.39, 0.29) is 11.2 Å². The number of imidazole rings is 1. The molecule has 2 aromatic carbocycles. The van der Waals surface area contributed by atoms with Gasteiger partial charge in [-0.3, -0.25) is 4.79 Å². The molecule has 27 heavy (non-hydrogen) atoms. The van der Waals surface area contributed by atoms with E-state index in [4.69, 9.17) is 9.72 Å². The zero-order valence-electron chi connectivity index (χ0n) is 15.7. The lowest BCUT2D eigenvalue weighted by molar-refractivity contribution is -0.120. The number of carbonyl (C=O) groups is 1. The number of aromatic nitrogens is 2. The summed E-state index contributed by atoms with van der Waals surface area (Å²) in [6, 6.07) is 18.0. The third-order valence-corrected chi connectivity index (χ3v) is 5.71. The molecule has 0 bridgehead atoms. The summed E-state index contributed by atoms with van der Waals surface area (Å²) in [5.41, 5.74) is 3.10. The molecule has 5 nitrogen and oxygen atoms in total. The van der Waals surface area contributed by atoms with Gasteiger partial charge in [0.25, 0.3) is 0 Å². The number of amides is 1. The maximum atomic E-state index is 12.7. The van der Waals surface area contributed by atoms with Gasteiger partial charge in [0.15, 0.2) is 5.16 Å². The Morgan fingerprint density at radius 3 is 2.67 bits per heavy atom. The van der Waals surface area contributed by atoms with Crippen LogP contribution >= 0.6 is 11.8 Å². The highest BCUT2D eigenvalue weighted by Crippen LogP contribution is 2.29. The number of ether oxygens (including phenoxy) is 1. The number of rotatable bonds is 9. The van der Waals surface area contributed by atoms with Crippen LogP contribution in [0.5, 0.6) is 0 Å². The van der Waals surface area contributed by atoms with Crippen molar-refractivity contribution in [2.24, 2.45) is 0 Å². The molecule has 0 fully saturated rings. The summed E-state index contributed by atoms with van der Waals surface area (Å²) < 4.78 is 7.38. The number of hydrogen-bond acceptors (Lipinski definition) is 4. The third-order valence-electron chi connectivity index (χ3n) is 4.36. The zero-order valence-corrected chi connectivity index (χ0v) is 16.5. The van der Waals surface area contributed by atoms with E-state index in [9.17, 15) is 4.79 Å². The van der Waals surface area contributed by atoms with Crippen LogP contribution < -0.4 is 5.32 Å². The topological polar surface area (TPSA) is 56.2 Å². The Labute approximate surface area is 164 Å². The molecule has 1 N–H and O–H groups in total. The first-order chi connectivity index (χ1) is 13.2. The lowest BCUT2D eigenvalue weighted by atomic mass is 10.2. The summed E-state index contributed by atoms with van der Waals surface area (Å²) in [5.74, 6) is 0.0386. The van der Waals surface area contributed by atoms with Crippen molar-refractivity contribution in [2.75, 3.05) is 13.7 Å². The average molecular weight is 384 g/mol.